The number of hydrogen-bond donors (Lipinski definition) is 1. The van der Waals surface area contributed by atoms with Gasteiger partial charge >= 0.3 is 0 Å². The molecule has 1 saturated carbocycles. The third kappa shape index (κ3) is 5.00. The molecule has 0 aromatic rings. The van der Waals surface area contributed by atoms with Crippen LogP contribution in [0.25, 0.3) is 0 Å². The summed E-state index contributed by atoms with van der Waals surface area (Å²) in [4.78, 5) is 28.6. The molecular weight excluding hydrogens is 334 g/mol. The van der Waals surface area contributed by atoms with E-state index in [2.05, 4.69) is 5.32 Å². The number of carbonyl (C=O) groups excluding carboxylic acids is 2. The van der Waals surface area contributed by atoms with Crippen LogP contribution in [0.1, 0.15) is 38.5 Å². The van der Waals surface area contributed by atoms with E-state index in [0.29, 0.717) is 38.0 Å². The summed E-state index contributed by atoms with van der Waals surface area (Å²) in [5.74, 6) is 2.86. The van der Waals surface area contributed by atoms with Crippen LogP contribution in [-0.4, -0.2) is 65.5 Å². The summed E-state index contributed by atoms with van der Waals surface area (Å²) in [5.41, 5.74) is 0. The van der Waals surface area contributed by atoms with E-state index in [4.69, 9.17) is 0 Å². The monoisotopic (exact) mass is 361 g/mol. The van der Waals surface area contributed by atoms with Crippen LogP contribution in [0.2, 0.25) is 0 Å². The minimum atomic E-state index is -0.0190. The highest BCUT2D eigenvalue weighted by Gasteiger charge is 2.31. The van der Waals surface area contributed by atoms with E-state index >= 15 is 0 Å². The first-order valence-electron chi connectivity index (χ1n) is 8.62. The molecule has 1 unspecified atom stereocenters. The van der Waals surface area contributed by atoms with Crippen LogP contribution in [0.15, 0.2) is 0 Å². The van der Waals surface area contributed by atoms with Gasteiger partial charge in [0.25, 0.3) is 0 Å². The van der Waals surface area contributed by atoms with Gasteiger partial charge in [-0.2, -0.15) is 0 Å². The van der Waals surface area contributed by atoms with E-state index < -0.39 is 0 Å². The average Bonchev–Trinajstić information content (AvgIpc) is 3.10. The van der Waals surface area contributed by atoms with E-state index in [9.17, 15) is 9.59 Å². The molecule has 3 aliphatic rings. The molecule has 1 atom stereocenters. The van der Waals surface area contributed by atoms with E-state index in [1.807, 2.05) is 9.80 Å². The van der Waals surface area contributed by atoms with Gasteiger partial charge in [0.2, 0.25) is 11.8 Å². The summed E-state index contributed by atoms with van der Waals surface area (Å²) in [6.07, 6.45) is 7.05. The molecule has 5 nitrogen and oxygen atoms in total. The Hall–Kier alpha value is -0.460. The van der Waals surface area contributed by atoms with Gasteiger partial charge in [-0.15, -0.1) is 24.2 Å². The lowest BCUT2D eigenvalue weighted by molar-refractivity contribution is -0.141. The fourth-order valence-electron chi connectivity index (χ4n) is 3.72. The van der Waals surface area contributed by atoms with Gasteiger partial charge in [0.15, 0.2) is 0 Å². The fourth-order valence-corrected chi connectivity index (χ4v) is 4.65. The highest BCUT2D eigenvalue weighted by atomic mass is 35.5. The first-order chi connectivity index (χ1) is 10.7. The molecular formula is C16H28ClN3O2S. The number of piperazine rings is 1. The molecule has 2 amide bonds. The van der Waals surface area contributed by atoms with Crippen molar-refractivity contribution in [2.75, 3.05) is 37.8 Å². The van der Waals surface area contributed by atoms with Gasteiger partial charge in [-0.3, -0.25) is 14.9 Å². The lowest BCUT2D eigenvalue weighted by Gasteiger charge is -2.36. The van der Waals surface area contributed by atoms with Gasteiger partial charge in [-0.1, -0.05) is 19.3 Å². The Morgan fingerprint density at radius 3 is 2.26 bits per heavy atom. The minimum Gasteiger partial charge on any atom is -0.339 e. The second-order valence-electron chi connectivity index (χ2n) is 6.69. The molecule has 1 aliphatic carbocycles. The number of nitrogens with one attached hydrogen (secondary N) is 1. The van der Waals surface area contributed by atoms with Crippen LogP contribution in [0.3, 0.4) is 0 Å². The molecule has 2 saturated heterocycles. The Morgan fingerprint density at radius 1 is 1.00 bits per heavy atom. The lowest BCUT2D eigenvalue weighted by atomic mass is 9.86. The van der Waals surface area contributed by atoms with Crippen molar-refractivity contribution in [3.63, 3.8) is 0 Å². The zero-order valence-corrected chi connectivity index (χ0v) is 15.3. The summed E-state index contributed by atoms with van der Waals surface area (Å²) in [6.45, 7) is 2.80. The van der Waals surface area contributed by atoms with E-state index in [0.717, 1.165) is 18.1 Å². The molecule has 3 fully saturated rings. The maximum Gasteiger partial charge on any atom is 0.240 e. The van der Waals surface area contributed by atoms with Crippen molar-refractivity contribution in [3.8, 4) is 0 Å². The van der Waals surface area contributed by atoms with E-state index in [1.54, 1.807) is 11.8 Å². The second kappa shape index (κ2) is 9.14. The summed E-state index contributed by atoms with van der Waals surface area (Å²) >= 11 is 1.78. The normalized spacial score (nSPS) is 26.0. The van der Waals surface area contributed by atoms with Crippen molar-refractivity contribution in [2.45, 2.75) is 44.6 Å². The zero-order valence-electron chi connectivity index (χ0n) is 13.7. The quantitative estimate of drug-likeness (QED) is 0.831. The van der Waals surface area contributed by atoms with Crippen LogP contribution in [0.4, 0.5) is 0 Å². The minimum absolute atomic E-state index is 0. The summed E-state index contributed by atoms with van der Waals surface area (Å²) in [6, 6.07) is -0.0190. The van der Waals surface area contributed by atoms with Gasteiger partial charge in [-0.05, 0) is 18.8 Å². The third-order valence-electron chi connectivity index (χ3n) is 5.15. The summed E-state index contributed by atoms with van der Waals surface area (Å²) in [7, 11) is 0. The number of rotatable bonds is 3. The number of thioether (sulfide) groups is 1. The predicted molar refractivity (Wildman–Crippen MR) is 95.8 cm³/mol. The number of nitrogens with zero attached hydrogens (tertiary/aromatic N) is 2. The first-order valence-corrected chi connectivity index (χ1v) is 9.77. The van der Waals surface area contributed by atoms with Crippen LogP contribution < -0.4 is 5.32 Å². The van der Waals surface area contributed by atoms with Crippen LogP contribution in [-0.2, 0) is 9.59 Å². The van der Waals surface area contributed by atoms with Gasteiger partial charge < -0.3 is 9.80 Å². The van der Waals surface area contributed by atoms with Gasteiger partial charge in [0, 0.05) is 44.2 Å². The predicted octanol–water partition coefficient (Wildman–Crippen LogP) is 1.71. The standard InChI is InChI=1S/C16H27N3O2S.ClH/c20-15(10-13-4-2-1-3-5-13)18-6-8-19(9-7-18)16(21)14-11-22-12-17-14;/h13-14,17H,1-12H2;1H. The molecule has 1 N–H and O–H groups in total. The average molecular weight is 362 g/mol. The molecule has 132 valence electrons. The Labute approximate surface area is 149 Å². The molecule has 0 aromatic carbocycles. The van der Waals surface area contributed by atoms with Crippen LogP contribution >= 0.6 is 24.2 Å². The number of amides is 2. The maximum atomic E-state index is 12.4. The zero-order chi connectivity index (χ0) is 15.4. The van der Waals surface area contributed by atoms with Crippen molar-refractivity contribution in [3.05, 3.63) is 0 Å². The fraction of sp³-hybridized carbons (Fsp3) is 0.875. The topological polar surface area (TPSA) is 52.7 Å². The highest BCUT2D eigenvalue weighted by Crippen LogP contribution is 2.27. The lowest BCUT2D eigenvalue weighted by Crippen LogP contribution is -2.54. The van der Waals surface area contributed by atoms with Crippen molar-refractivity contribution < 1.29 is 9.59 Å². The molecule has 23 heavy (non-hydrogen) atoms. The molecule has 0 bridgehead atoms. The maximum absolute atomic E-state index is 12.4. The Morgan fingerprint density at radius 2 is 1.65 bits per heavy atom. The Bertz CT molecular complexity index is 404. The Kier molecular flexibility index (Phi) is 7.50. The van der Waals surface area contributed by atoms with Crippen molar-refractivity contribution >= 4 is 36.0 Å². The first kappa shape index (κ1) is 18.9. The van der Waals surface area contributed by atoms with Gasteiger partial charge in [0.1, 0.15) is 0 Å². The van der Waals surface area contributed by atoms with Gasteiger partial charge in [0.05, 0.1) is 6.04 Å². The molecule has 0 radical (unpaired) electrons. The number of hydrogen-bond acceptors (Lipinski definition) is 4. The largest absolute Gasteiger partial charge is 0.339 e. The highest BCUT2D eigenvalue weighted by molar-refractivity contribution is 7.99. The Balaban J connectivity index is 0.00000192. The van der Waals surface area contributed by atoms with Crippen molar-refractivity contribution in [2.24, 2.45) is 5.92 Å². The van der Waals surface area contributed by atoms with E-state index in [1.165, 1.54) is 32.1 Å². The molecule has 2 aliphatic heterocycles. The SMILES string of the molecule is Cl.O=C(CC1CCCCC1)N1CCN(C(=O)C2CSCN2)CC1. The third-order valence-corrected chi connectivity index (χ3v) is 6.09. The summed E-state index contributed by atoms with van der Waals surface area (Å²) in [5, 5.41) is 3.23. The van der Waals surface area contributed by atoms with Crippen molar-refractivity contribution in [1.82, 2.24) is 15.1 Å². The number of carbonyl (C=O) groups is 2. The molecule has 0 aromatic heterocycles. The van der Waals surface area contributed by atoms with Crippen LogP contribution in [0, 0.1) is 5.92 Å². The van der Waals surface area contributed by atoms with E-state index in [-0.39, 0.29) is 24.4 Å². The van der Waals surface area contributed by atoms with Crippen molar-refractivity contribution in [1.29, 1.82) is 0 Å². The molecule has 2 heterocycles. The van der Waals surface area contributed by atoms with Gasteiger partial charge in [-0.25, -0.2) is 0 Å². The molecule has 3 rings (SSSR count). The molecule has 0 spiro atoms. The van der Waals surface area contributed by atoms with Crippen LogP contribution in [0.5, 0.6) is 0 Å². The number of halogens is 1. The summed E-state index contributed by atoms with van der Waals surface area (Å²) < 4.78 is 0. The smallest absolute Gasteiger partial charge is 0.240 e. The molecule has 7 heteroatoms. The second-order valence-corrected chi connectivity index (χ2v) is 7.72.